The van der Waals surface area contributed by atoms with Crippen LogP contribution in [0.2, 0.25) is 0 Å². The Balaban J connectivity index is 0.00000280. The first kappa shape index (κ1) is 23.0. The van der Waals surface area contributed by atoms with Crippen LogP contribution in [0, 0.1) is 12.8 Å². The highest BCUT2D eigenvalue weighted by Crippen LogP contribution is 2.33. The third-order valence-corrected chi connectivity index (χ3v) is 5.81. The summed E-state index contributed by atoms with van der Waals surface area (Å²) in [5.74, 6) is 1.29. The molecule has 1 fully saturated rings. The molecule has 4 nitrogen and oxygen atoms in total. The second kappa shape index (κ2) is 11.7. The maximum Gasteiger partial charge on any atom is 0.191 e. The van der Waals surface area contributed by atoms with Crippen molar-refractivity contribution in [1.82, 2.24) is 10.6 Å². The van der Waals surface area contributed by atoms with Crippen LogP contribution < -0.4 is 10.6 Å². The average Bonchev–Trinajstić information content (AvgIpc) is 3.18. The Labute approximate surface area is 190 Å². The van der Waals surface area contributed by atoms with Gasteiger partial charge in [-0.15, -0.1) is 35.7 Å². The molecular weight excluding hydrogens is 481 g/mol. The Kier molecular flexibility index (Phi) is 9.61. The molecule has 152 valence electrons. The van der Waals surface area contributed by atoms with Crippen molar-refractivity contribution in [2.75, 3.05) is 26.5 Å². The second-order valence-corrected chi connectivity index (χ2v) is 7.72. The predicted octanol–water partition coefficient (Wildman–Crippen LogP) is 4.78. The van der Waals surface area contributed by atoms with E-state index in [1.54, 1.807) is 11.8 Å². The summed E-state index contributed by atoms with van der Waals surface area (Å²) in [5, 5.41) is 6.93. The Morgan fingerprint density at radius 3 is 2.68 bits per heavy atom. The van der Waals surface area contributed by atoms with Gasteiger partial charge in [0.15, 0.2) is 5.96 Å². The van der Waals surface area contributed by atoms with Crippen LogP contribution in [0.3, 0.4) is 0 Å². The molecule has 2 aromatic rings. The fourth-order valence-corrected chi connectivity index (χ4v) is 4.19. The summed E-state index contributed by atoms with van der Waals surface area (Å²) in [6.45, 7) is 4.56. The summed E-state index contributed by atoms with van der Waals surface area (Å²) in [5.41, 5.74) is 3.84. The van der Waals surface area contributed by atoms with Gasteiger partial charge in [-0.2, -0.15) is 0 Å². The molecule has 2 atom stereocenters. The lowest BCUT2D eigenvalue weighted by Gasteiger charge is -2.21. The molecule has 0 spiro atoms. The predicted molar refractivity (Wildman–Crippen MR) is 130 cm³/mol. The van der Waals surface area contributed by atoms with Gasteiger partial charge in [-0.25, -0.2) is 0 Å². The Hall–Kier alpha value is -1.25. The molecule has 1 heterocycles. The number of hydrogen-bond acceptors (Lipinski definition) is 3. The molecule has 2 unspecified atom stereocenters. The van der Waals surface area contributed by atoms with Crippen molar-refractivity contribution in [3.63, 3.8) is 0 Å². The van der Waals surface area contributed by atoms with Crippen molar-refractivity contribution >= 4 is 41.7 Å². The topological polar surface area (TPSA) is 45.7 Å². The zero-order chi connectivity index (χ0) is 19.1. The third kappa shape index (κ3) is 6.12. The fraction of sp³-hybridized carbons (Fsp3) is 0.409. The Morgan fingerprint density at radius 1 is 1.18 bits per heavy atom. The van der Waals surface area contributed by atoms with Gasteiger partial charge >= 0.3 is 0 Å². The van der Waals surface area contributed by atoms with E-state index in [1.165, 1.54) is 21.6 Å². The molecule has 1 saturated heterocycles. The molecule has 1 aliphatic heterocycles. The van der Waals surface area contributed by atoms with Crippen LogP contribution in [0.25, 0.3) is 0 Å². The van der Waals surface area contributed by atoms with E-state index in [0.29, 0.717) is 5.92 Å². The van der Waals surface area contributed by atoms with Gasteiger partial charge in [0.2, 0.25) is 0 Å². The Bertz CT molecular complexity index is 770. The van der Waals surface area contributed by atoms with Crippen LogP contribution in [-0.4, -0.2) is 32.4 Å². The minimum Gasteiger partial charge on any atom is -0.373 e. The van der Waals surface area contributed by atoms with Gasteiger partial charge in [0.05, 0.1) is 6.10 Å². The largest absolute Gasteiger partial charge is 0.373 e. The van der Waals surface area contributed by atoms with E-state index >= 15 is 0 Å². The van der Waals surface area contributed by atoms with E-state index in [9.17, 15) is 0 Å². The molecule has 0 amide bonds. The van der Waals surface area contributed by atoms with E-state index in [1.807, 2.05) is 13.1 Å². The average molecular weight is 511 g/mol. The van der Waals surface area contributed by atoms with E-state index in [2.05, 4.69) is 71.3 Å². The van der Waals surface area contributed by atoms with Crippen molar-refractivity contribution < 1.29 is 4.74 Å². The molecule has 0 saturated carbocycles. The highest BCUT2D eigenvalue weighted by atomic mass is 127. The van der Waals surface area contributed by atoms with E-state index in [-0.39, 0.29) is 30.1 Å². The van der Waals surface area contributed by atoms with Crippen molar-refractivity contribution in [2.24, 2.45) is 10.9 Å². The van der Waals surface area contributed by atoms with Gasteiger partial charge in [0, 0.05) is 37.6 Å². The van der Waals surface area contributed by atoms with Crippen molar-refractivity contribution in [3.05, 3.63) is 65.2 Å². The minimum atomic E-state index is 0. The van der Waals surface area contributed by atoms with Gasteiger partial charge in [-0.3, -0.25) is 4.99 Å². The second-order valence-electron chi connectivity index (χ2n) is 6.87. The lowest BCUT2D eigenvalue weighted by atomic mass is 9.95. The summed E-state index contributed by atoms with van der Waals surface area (Å²) in [4.78, 5) is 5.69. The Morgan fingerprint density at radius 2 is 1.96 bits per heavy atom. The number of aliphatic imine (C=N–C) groups is 1. The molecule has 1 aliphatic rings. The van der Waals surface area contributed by atoms with E-state index in [0.717, 1.165) is 32.1 Å². The maximum absolute atomic E-state index is 5.99. The number of nitrogens with one attached hydrogen (secondary N) is 2. The summed E-state index contributed by atoms with van der Waals surface area (Å²) < 4.78 is 5.99. The zero-order valence-electron chi connectivity index (χ0n) is 16.8. The number of hydrogen-bond donors (Lipinski definition) is 2. The van der Waals surface area contributed by atoms with Gasteiger partial charge in [0.1, 0.15) is 0 Å². The van der Waals surface area contributed by atoms with Crippen LogP contribution in [0.15, 0.2) is 58.4 Å². The van der Waals surface area contributed by atoms with Gasteiger partial charge in [0.25, 0.3) is 0 Å². The lowest BCUT2D eigenvalue weighted by molar-refractivity contribution is 0.0915. The lowest BCUT2D eigenvalue weighted by Crippen LogP contribution is -2.40. The van der Waals surface area contributed by atoms with E-state index < -0.39 is 0 Å². The standard InChI is InChI=1S/C22H29N3OS.HI/c1-16-9-10-18(20(13-16)27-3)14-24-22(23-2)25-15-19-11-12-26-21(19)17-7-5-4-6-8-17;/h4-10,13,19,21H,11-12,14-15H2,1-3H3,(H2,23,24,25);1H. The molecule has 28 heavy (non-hydrogen) atoms. The van der Waals surface area contributed by atoms with Gasteiger partial charge in [-0.1, -0.05) is 42.5 Å². The summed E-state index contributed by atoms with van der Waals surface area (Å²) in [7, 11) is 1.82. The number of guanidine groups is 1. The molecule has 6 heteroatoms. The number of halogens is 1. The van der Waals surface area contributed by atoms with Crippen molar-refractivity contribution in [2.45, 2.75) is 30.9 Å². The van der Waals surface area contributed by atoms with Crippen LogP contribution >= 0.6 is 35.7 Å². The molecule has 3 rings (SSSR count). The minimum absolute atomic E-state index is 0. The van der Waals surface area contributed by atoms with E-state index in [4.69, 9.17) is 4.74 Å². The van der Waals surface area contributed by atoms with Gasteiger partial charge in [-0.05, 0) is 42.4 Å². The maximum atomic E-state index is 5.99. The first-order chi connectivity index (χ1) is 13.2. The number of nitrogens with zero attached hydrogens (tertiary/aromatic N) is 1. The fourth-order valence-electron chi connectivity index (χ4n) is 3.48. The summed E-state index contributed by atoms with van der Waals surface area (Å²) in [6, 6.07) is 17.1. The van der Waals surface area contributed by atoms with Crippen LogP contribution in [0.5, 0.6) is 0 Å². The quantitative estimate of drug-likeness (QED) is 0.254. The number of aryl methyl sites for hydroxylation is 1. The summed E-state index contributed by atoms with van der Waals surface area (Å²) >= 11 is 1.78. The number of thioether (sulfide) groups is 1. The van der Waals surface area contributed by atoms with Crippen LogP contribution in [0.1, 0.15) is 29.2 Å². The normalized spacial score (nSPS) is 19.2. The van der Waals surface area contributed by atoms with Crippen LogP contribution in [-0.2, 0) is 11.3 Å². The van der Waals surface area contributed by atoms with Crippen LogP contribution in [0.4, 0.5) is 0 Å². The number of ether oxygens (including phenoxy) is 1. The SMILES string of the molecule is CN=C(NCc1ccc(C)cc1SC)NCC1CCOC1c1ccccc1.I. The molecule has 0 bridgehead atoms. The number of rotatable bonds is 6. The molecule has 2 N–H and O–H groups in total. The molecule has 0 radical (unpaired) electrons. The number of benzene rings is 2. The van der Waals surface area contributed by atoms with Crippen molar-refractivity contribution in [3.8, 4) is 0 Å². The van der Waals surface area contributed by atoms with Crippen molar-refractivity contribution in [1.29, 1.82) is 0 Å². The first-order valence-corrected chi connectivity index (χ1v) is 10.7. The summed E-state index contributed by atoms with van der Waals surface area (Å²) in [6.07, 6.45) is 3.35. The molecule has 0 aliphatic carbocycles. The highest BCUT2D eigenvalue weighted by Gasteiger charge is 2.29. The smallest absolute Gasteiger partial charge is 0.191 e. The molecule has 2 aromatic carbocycles. The molecule has 0 aromatic heterocycles. The van der Waals surface area contributed by atoms with Gasteiger partial charge < -0.3 is 15.4 Å². The third-order valence-electron chi connectivity index (χ3n) is 4.99. The zero-order valence-corrected chi connectivity index (χ0v) is 19.9. The molecular formula is C22H30IN3OS. The first-order valence-electron chi connectivity index (χ1n) is 9.46. The highest BCUT2D eigenvalue weighted by molar-refractivity contribution is 14.0. The monoisotopic (exact) mass is 511 g/mol.